The predicted molar refractivity (Wildman–Crippen MR) is 192 cm³/mol. The summed E-state index contributed by atoms with van der Waals surface area (Å²) < 4.78 is 40.3. The number of aromatic nitrogens is 1. The molecule has 0 fully saturated rings. The van der Waals surface area contributed by atoms with Gasteiger partial charge in [-0.25, -0.2) is 14.2 Å². The van der Waals surface area contributed by atoms with E-state index in [-0.39, 0.29) is 36.3 Å². The average molecular weight is 869 g/mol. The number of ether oxygens (including phenoxy) is 4. The van der Waals surface area contributed by atoms with Crippen molar-refractivity contribution in [3.05, 3.63) is 115 Å². The molecule has 240 valence electrons. The smallest absolute Gasteiger partial charge is 0.338 e. The normalized spacial score (nSPS) is 14.6. The molecule has 4 aromatic rings. The van der Waals surface area contributed by atoms with Crippen LogP contribution in [0.2, 0.25) is 0 Å². The van der Waals surface area contributed by atoms with Crippen LogP contribution in [0.4, 0.5) is 4.39 Å². The number of esters is 1. The lowest BCUT2D eigenvalue weighted by atomic mass is 9.95. The van der Waals surface area contributed by atoms with E-state index in [4.69, 9.17) is 18.9 Å². The number of halogens is 3. The van der Waals surface area contributed by atoms with E-state index in [0.717, 1.165) is 18.3 Å². The van der Waals surface area contributed by atoms with E-state index in [1.54, 1.807) is 43.7 Å². The standard InChI is InChI=1S/C34H31FI2N2O6S/c1-6-43-33(41)29-19(4)38-34-39(30(29)22-10-11-26(45-18(2)3)27(16-22)42-5)32(40)28(46-34)15-21-13-24(36)31(25(37)14-21)44-17-20-8-7-9-23(35)12-20/h7-16,18,30H,6,17H2,1-5H3/b28-15-/t30-/m1/s1. The maximum atomic E-state index is 14.1. The number of carbonyl (C=O) groups is 1. The van der Waals surface area contributed by atoms with Gasteiger partial charge in [-0.15, -0.1) is 0 Å². The summed E-state index contributed by atoms with van der Waals surface area (Å²) in [4.78, 5) is 32.6. The van der Waals surface area contributed by atoms with Crippen LogP contribution in [0, 0.1) is 13.0 Å². The molecule has 0 saturated heterocycles. The third-order valence-corrected chi connectivity index (χ3v) is 9.56. The number of methoxy groups -OCH3 is 1. The SMILES string of the molecule is CCOC(=O)C1=C(C)N=c2s/c(=C\c3cc(I)c(OCc4cccc(F)c4)c(I)c3)c(=O)n2[C@@H]1c1ccc(OC(C)C)c(OC)c1. The fourth-order valence-electron chi connectivity index (χ4n) is 5.05. The molecule has 1 aliphatic rings. The lowest BCUT2D eigenvalue weighted by Gasteiger charge is -2.25. The molecule has 2 heterocycles. The summed E-state index contributed by atoms with van der Waals surface area (Å²) in [5, 5.41) is 0. The van der Waals surface area contributed by atoms with Crippen LogP contribution in [0.15, 0.2) is 75.7 Å². The molecule has 0 radical (unpaired) electrons. The molecule has 0 N–H and O–H groups in total. The van der Waals surface area contributed by atoms with Crippen LogP contribution in [0.1, 0.15) is 50.4 Å². The first-order valence-corrected chi connectivity index (χ1v) is 17.4. The largest absolute Gasteiger partial charge is 0.493 e. The van der Waals surface area contributed by atoms with E-state index in [1.807, 2.05) is 44.2 Å². The number of allylic oxidation sites excluding steroid dienone is 1. The van der Waals surface area contributed by atoms with Crippen molar-refractivity contribution in [1.29, 1.82) is 0 Å². The summed E-state index contributed by atoms with van der Waals surface area (Å²) in [6, 6.07) is 14.7. The molecular formula is C34H31FI2N2O6S. The molecule has 46 heavy (non-hydrogen) atoms. The molecule has 0 unspecified atom stereocenters. The van der Waals surface area contributed by atoms with E-state index < -0.39 is 12.0 Å². The van der Waals surface area contributed by atoms with E-state index in [0.29, 0.717) is 37.8 Å². The third-order valence-electron chi connectivity index (χ3n) is 6.97. The summed E-state index contributed by atoms with van der Waals surface area (Å²) in [5.41, 5.74) is 2.64. The highest BCUT2D eigenvalue weighted by Gasteiger charge is 2.34. The quantitative estimate of drug-likeness (QED) is 0.133. The highest BCUT2D eigenvalue weighted by atomic mass is 127. The van der Waals surface area contributed by atoms with Crippen LogP contribution in [-0.4, -0.2) is 30.4 Å². The summed E-state index contributed by atoms with van der Waals surface area (Å²) in [5.74, 6) is 0.861. The van der Waals surface area contributed by atoms with Crippen LogP contribution in [0.25, 0.3) is 6.08 Å². The van der Waals surface area contributed by atoms with Crippen molar-refractivity contribution in [2.75, 3.05) is 13.7 Å². The lowest BCUT2D eigenvalue weighted by Crippen LogP contribution is -2.40. The van der Waals surface area contributed by atoms with Gasteiger partial charge in [0.2, 0.25) is 0 Å². The Hall–Kier alpha value is -3.24. The van der Waals surface area contributed by atoms with Crippen LogP contribution >= 0.6 is 56.5 Å². The summed E-state index contributed by atoms with van der Waals surface area (Å²) in [6.45, 7) is 7.73. The number of carbonyl (C=O) groups excluding carboxylic acids is 1. The average Bonchev–Trinajstić information content (AvgIpc) is 3.29. The van der Waals surface area contributed by atoms with Crippen molar-refractivity contribution < 1.29 is 28.1 Å². The maximum Gasteiger partial charge on any atom is 0.338 e. The number of hydrogen-bond donors (Lipinski definition) is 0. The van der Waals surface area contributed by atoms with Gasteiger partial charge in [0, 0.05) is 0 Å². The monoisotopic (exact) mass is 868 g/mol. The second-order valence-corrected chi connectivity index (χ2v) is 13.9. The molecule has 3 aromatic carbocycles. The molecule has 0 saturated carbocycles. The molecule has 5 rings (SSSR count). The molecule has 1 atom stereocenters. The first-order chi connectivity index (χ1) is 22.0. The van der Waals surface area contributed by atoms with E-state index >= 15 is 0 Å². The number of nitrogens with zero attached hydrogens (tertiary/aromatic N) is 2. The molecule has 0 amide bonds. The van der Waals surface area contributed by atoms with E-state index in [1.165, 1.54) is 23.5 Å². The zero-order chi connectivity index (χ0) is 33.1. The third kappa shape index (κ3) is 7.33. The number of benzene rings is 3. The Kier molecular flexibility index (Phi) is 10.9. The van der Waals surface area contributed by atoms with Gasteiger partial charge in [-0.05, 0) is 132 Å². The zero-order valence-corrected chi connectivity index (χ0v) is 30.9. The Balaban J connectivity index is 1.58. The molecule has 8 nitrogen and oxygen atoms in total. The minimum Gasteiger partial charge on any atom is -0.493 e. The fourth-order valence-corrected chi connectivity index (χ4v) is 8.22. The number of hydrogen-bond acceptors (Lipinski definition) is 8. The second-order valence-electron chi connectivity index (χ2n) is 10.6. The van der Waals surface area contributed by atoms with Gasteiger partial charge in [0.15, 0.2) is 16.3 Å². The first kappa shape index (κ1) is 34.1. The van der Waals surface area contributed by atoms with Gasteiger partial charge in [0.05, 0.1) is 48.8 Å². The van der Waals surface area contributed by atoms with Gasteiger partial charge in [-0.2, -0.15) is 0 Å². The maximum absolute atomic E-state index is 14.1. The van der Waals surface area contributed by atoms with Crippen LogP contribution in [-0.2, 0) is 16.1 Å². The molecular weight excluding hydrogens is 837 g/mol. The molecule has 0 spiro atoms. The van der Waals surface area contributed by atoms with Crippen LogP contribution in [0.3, 0.4) is 0 Å². The van der Waals surface area contributed by atoms with Crippen molar-refractivity contribution >= 4 is 68.6 Å². The number of fused-ring (bicyclic) bond motifs is 1. The highest BCUT2D eigenvalue weighted by molar-refractivity contribution is 14.1. The molecule has 0 bridgehead atoms. The first-order valence-electron chi connectivity index (χ1n) is 14.4. The Morgan fingerprint density at radius 2 is 1.85 bits per heavy atom. The van der Waals surface area contributed by atoms with Crippen molar-refractivity contribution in [2.24, 2.45) is 4.99 Å². The van der Waals surface area contributed by atoms with Gasteiger partial charge in [0.25, 0.3) is 5.56 Å². The van der Waals surface area contributed by atoms with Crippen molar-refractivity contribution in [3.63, 3.8) is 0 Å². The lowest BCUT2D eigenvalue weighted by molar-refractivity contribution is -0.139. The summed E-state index contributed by atoms with van der Waals surface area (Å²) >= 11 is 5.63. The topological polar surface area (TPSA) is 88.4 Å². The van der Waals surface area contributed by atoms with Gasteiger partial charge in [-0.1, -0.05) is 29.5 Å². The van der Waals surface area contributed by atoms with Gasteiger partial charge < -0.3 is 18.9 Å². The summed E-state index contributed by atoms with van der Waals surface area (Å²) in [7, 11) is 1.55. The Morgan fingerprint density at radius 3 is 2.50 bits per heavy atom. The molecule has 1 aromatic heterocycles. The Labute approximate surface area is 296 Å². The van der Waals surface area contributed by atoms with Crippen LogP contribution in [0.5, 0.6) is 17.2 Å². The Morgan fingerprint density at radius 1 is 1.11 bits per heavy atom. The predicted octanol–water partition coefficient (Wildman–Crippen LogP) is 6.52. The van der Waals surface area contributed by atoms with Crippen LogP contribution < -0.4 is 29.1 Å². The van der Waals surface area contributed by atoms with E-state index in [9.17, 15) is 14.0 Å². The van der Waals surface area contributed by atoms with Crippen molar-refractivity contribution in [3.8, 4) is 17.2 Å². The number of rotatable bonds is 10. The van der Waals surface area contributed by atoms with E-state index in [2.05, 4.69) is 50.2 Å². The van der Waals surface area contributed by atoms with Crippen molar-refractivity contribution in [1.82, 2.24) is 4.57 Å². The molecule has 1 aliphatic heterocycles. The second kappa shape index (κ2) is 14.7. The van der Waals surface area contributed by atoms with Gasteiger partial charge in [-0.3, -0.25) is 9.36 Å². The van der Waals surface area contributed by atoms with Gasteiger partial charge >= 0.3 is 5.97 Å². The minimum atomic E-state index is -0.793. The highest BCUT2D eigenvalue weighted by Crippen LogP contribution is 2.37. The molecule has 12 heteroatoms. The number of thiazole rings is 1. The van der Waals surface area contributed by atoms with Gasteiger partial charge in [0.1, 0.15) is 18.2 Å². The fraction of sp³-hybridized carbons (Fsp3) is 0.265. The summed E-state index contributed by atoms with van der Waals surface area (Å²) in [6.07, 6.45) is 1.74. The minimum absolute atomic E-state index is 0.0742. The van der Waals surface area contributed by atoms with Crippen molar-refractivity contribution in [2.45, 2.75) is 46.4 Å². The Bertz CT molecular complexity index is 2000. The molecule has 0 aliphatic carbocycles. The zero-order valence-electron chi connectivity index (χ0n) is 25.7.